The number of anilines is 2. The van der Waals surface area contributed by atoms with E-state index in [0.717, 1.165) is 36.3 Å². The monoisotopic (exact) mass is 333 g/mol. The first-order valence-corrected chi connectivity index (χ1v) is 8.38. The highest BCUT2D eigenvalue weighted by molar-refractivity contribution is 5.94. The van der Waals surface area contributed by atoms with Gasteiger partial charge in [0.25, 0.3) is 5.78 Å². The van der Waals surface area contributed by atoms with E-state index >= 15 is 0 Å². The number of hydrogen-bond acceptors (Lipinski definition) is 4. The predicted octanol–water partition coefficient (Wildman–Crippen LogP) is 3.81. The molecule has 3 heterocycles. The highest BCUT2D eigenvalue weighted by atomic mass is 19.1. The van der Waals surface area contributed by atoms with Gasteiger partial charge in [0.2, 0.25) is 0 Å². The molecular formula is C19H16FN5. The lowest BCUT2D eigenvalue weighted by molar-refractivity contribution is 0.635. The maximum atomic E-state index is 14.6. The summed E-state index contributed by atoms with van der Waals surface area (Å²) < 4.78 is 16.2. The molecule has 0 saturated carbocycles. The number of rotatable bonds is 1. The second-order valence-electron chi connectivity index (χ2n) is 6.40. The largest absolute Gasteiger partial charge is 0.325 e. The Bertz CT molecular complexity index is 1120. The van der Waals surface area contributed by atoms with Crippen molar-refractivity contribution in [3.8, 4) is 0 Å². The molecule has 6 heteroatoms. The molecule has 0 atom stereocenters. The zero-order valence-corrected chi connectivity index (χ0v) is 13.8. The Morgan fingerprint density at radius 2 is 2.00 bits per heavy atom. The van der Waals surface area contributed by atoms with E-state index in [1.165, 1.54) is 23.5 Å². The summed E-state index contributed by atoms with van der Waals surface area (Å²) in [6, 6.07) is 11.4. The SMILES string of the molecule is Cc1cccc2c1CCCN2c1nc2nncn2c2c(F)cccc12. The zero-order valence-electron chi connectivity index (χ0n) is 13.8. The zero-order chi connectivity index (χ0) is 17.0. The lowest BCUT2D eigenvalue weighted by Gasteiger charge is -2.32. The molecule has 5 rings (SSSR count). The molecule has 0 spiro atoms. The van der Waals surface area contributed by atoms with Gasteiger partial charge in [-0.05, 0) is 49.1 Å². The van der Waals surface area contributed by atoms with Gasteiger partial charge < -0.3 is 4.90 Å². The topological polar surface area (TPSA) is 46.3 Å². The minimum absolute atomic E-state index is 0.299. The van der Waals surface area contributed by atoms with E-state index in [9.17, 15) is 4.39 Å². The van der Waals surface area contributed by atoms with Crippen molar-refractivity contribution in [3.05, 3.63) is 59.7 Å². The van der Waals surface area contributed by atoms with E-state index in [2.05, 4.69) is 40.2 Å². The summed E-state index contributed by atoms with van der Waals surface area (Å²) in [6.45, 7) is 2.98. The third-order valence-electron chi connectivity index (χ3n) is 4.94. The first-order valence-electron chi connectivity index (χ1n) is 8.38. The molecule has 0 fully saturated rings. The number of fused-ring (bicyclic) bond motifs is 4. The van der Waals surface area contributed by atoms with Crippen LogP contribution in [0.15, 0.2) is 42.7 Å². The molecule has 0 aliphatic carbocycles. The van der Waals surface area contributed by atoms with Gasteiger partial charge in [-0.15, -0.1) is 10.2 Å². The average Bonchev–Trinajstić information content (AvgIpc) is 3.09. The van der Waals surface area contributed by atoms with E-state index in [1.54, 1.807) is 10.5 Å². The van der Waals surface area contributed by atoms with Crippen LogP contribution >= 0.6 is 0 Å². The van der Waals surface area contributed by atoms with Crippen LogP contribution in [0, 0.1) is 12.7 Å². The highest BCUT2D eigenvalue weighted by Crippen LogP contribution is 2.37. The van der Waals surface area contributed by atoms with Gasteiger partial charge in [-0.2, -0.15) is 4.98 Å². The second-order valence-corrected chi connectivity index (χ2v) is 6.40. The fourth-order valence-corrected chi connectivity index (χ4v) is 3.78. The lowest BCUT2D eigenvalue weighted by atomic mass is 9.97. The number of para-hydroxylation sites is 1. The standard InChI is InChI=1S/C19H16FN5/c1-12-5-2-9-16-13(12)7-4-10-24(16)18-14-6-3-8-15(20)17(14)25-11-21-23-19(25)22-18/h2-3,5-6,8-9,11H,4,7,10H2,1H3. The number of aryl methyl sites for hydroxylation is 1. The van der Waals surface area contributed by atoms with Gasteiger partial charge in [0.1, 0.15) is 18.0 Å². The van der Waals surface area contributed by atoms with Crippen molar-refractivity contribution in [1.29, 1.82) is 0 Å². The van der Waals surface area contributed by atoms with Crippen LogP contribution in [0.5, 0.6) is 0 Å². The van der Waals surface area contributed by atoms with Crippen LogP contribution < -0.4 is 4.90 Å². The first kappa shape index (κ1) is 14.3. The third-order valence-corrected chi connectivity index (χ3v) is 4.94. The fourth-order valence-electron chi connectivity index (χ4n) is 3.78. The van der Waals surface area contributed by atoms with Crippen LogP contribution in [-0.4, -0.2) is 26.1 Å². The molecule has 1 aliphatic heterocycles. The minimum atomic E-state index is -0.299. The maximum Gasteiger partial charge on any atom is 0.257 e. The van der Waals surface area contributed by atoms with E-state index in [0.29, 0.717) is 11.3 Å². The van der Waals surface area contributed by atoms with E-state index in [1.807, 2.05) is 6.07 Å². The highest BCUT2D eigenvalue weighted by Gasteiger charge is 2.24. The Morgan fingerprint density at radius 1 is 1.12 bits per heavy atom. The Kier molecular flexibility index (Phi) is 3.00. The number of aromatic nitrogens is 4. The normalized spacial score (nSPS) is 14.2. The van der Waals surface area contributed by atoms with Crippen LogP contribution in [0.1, 0.15) is 17.5 Å². The molecule has 4 aromatic rings. The molecule has 0 amide bonds. The molecule has 25 heavy (non-hydrogen) atoms. The van der Waals surface area contributed by atoms with Crippen molar-refractivity contribution >= 4 is 28.2 Å². The first-order chi connectivity index (χ1) is 12.2. The molecule has 0 radical (unpaired) electrons. The van der Waals surface area contributed by atoms with Gasteiger partial charge in [-0.3, -0.25) is 4.40 Å². The number of hydrogen-bond donors (Lipinski definition) is 0. The molecule has 2 aromatic carbocycles. The Labute approximate surface area is 143 Å². The van der Waals surface area contributed by atoms with Crippen molar-refractivity contribution in [2.75, 3.05) is 11.4 Å². The Hall–Kier alpha value is -3.02. The number of halogens is 1. The third kappa shape index (κ3) is 2.03. The molecule has 124 valence electrons. The molecule has 0 bridgehead atoms. The van der Waals surface area contributed by atoms with Crippen LogP contribution in [-0.2, 0) is 6.42 Å². The van der Waals surface area contributed by atoms with Crippen molar-refractivity contribution in [2.24, 2.45) is 0 Å². The predicted molar refractivity (Wildman–Crippen MR) is 94.8 cm³/mol. The molecule has 0 N–H and O–H groups in total. The summed E-state index contributed by atoms with van der Waals surface area (Å²) in [5.74, 6) is 0.848. The molecule has 0 saturated heterocycles. The van der Waals surface area contributed by atoms with Crippen molar-refractivity contribution in [3.63, 3.8) is 0 Å². The summed E-state index contributed by atoms with van der Waals surface area (Å²) in [5.41, 5.74) is 4.23. The smallest absolute Gasteiger partial charge is 0.257 e. The van der Waals surface area contributed by atoms with Crippen molar-refractivity contribution in [2.45, 2.75) is 19.8 Å². The minimum Gasteiger partial charge on any atom is -0.325 e. The summed E-state index contributed by atoms with van der Waals surface area (Å²) in [4.78, 5) is 6.89. The number of benzene rings is 2. The van der Waals surface area contributed by atoms with Crippen LogP contribution in [0.4, 0.5) is 15.9 Å². The summed E-state index contributed by atoms with van der Waals surface area (Å²) in [7, 11) is 0. The lowest BCUT2D eigenvalue weighted by Crippen LogP contribution is -2.26. The maximum absolute atomic E-state index is 14.6. The quantitative estimate of drug-likeness (QED) is 0.531. The van der Waals surface area contributed by atoms with Crippen LogP contribution in [0.2, 0.25) is 0 Å². The Balaban J connectivity index is 1.85. The molecule has 0 unspecified atom stereocenters. The van der Waals surface area contributed by atoms with Crippen LogP contribution in [0.25, 0.3) is 16.7 Å². The van der Waals surface area contributed by atoms with Gasteiger partial charge in [0.15, 0.2) is 0 Å². The van der Waals surface area contributed by atoms with Crippen molar-refractivity contribution < 1.29 is 4.39 Å². The number of nitrogens with zero attached hydrogens (tertiary/aromatic N) is 5. The molecule has 2 aromatic heterocycles. The van der Waals surface area contributed by atoms with E-state index in [4.69, 9.17) is 4.98 Å². The van der Waals surface area contributed by atoms with E-state index in [-0.39, 0.29) is 5.82 Å². The van der Waals surface area contributed by atoms with Gasteiger partial charge in [-0.1, -0.05) is 18.2 Å². The van der Waals surface area contributed by atoms with Gasteiger partial charge in [-0.25, -0.2) is 4.39 Å². The molecule has 5 nitrogen and oxygen atoms in total. The van der Waals surface area contributed by atoms with Crippen molar-refractivity contribution in [1.82, 2.24) is 19.6 Å². The van der Waals surface area contributed by atoms with Crippen LogP contribution in [0.3, 0.4) is 0 Å². The van der Waals surface area contributed by atoms with Gasteiger partial charge in [0, 0.05) is 17.6 Å². The summed E-state index contributed by atoms with van der Waals surface area (Å²) in [6.07, 6.45) is 3.60. The summed E-state index contributed by atoms with van der Waals surface area (Å²) in [5, 5.41) is 8.72. The fraction of sp³-hybridized carbons (Fsp3) is 0.211. The average molecular weight is 333 g/mol. The summed E-state index contributed by atoms with van der Waals surface area (Å²) >= 11 is 0. The van der Waals surface area contributed by atoms with Gasteiger partial charge in [0.05, 0.1) is 5.52 Å². The van der Waals surface area contributed by atoms with Gasteiger partial charge >= 0.3 is 0 Å². The van der Waals surface area contributed by atoms with E-state index < -0.39 is 0 Å². The second kappa shape index (κ2) is 5.24. The Morgan fingerprint density at radius 3 is 2.92 bits per heavy atom. The molecule has 1 aliphatic rings. The molecular weight excluding hydrogens is 317 g/mol.